The largest absolute Gasteiger partial charge is 0.457 e. The number of hydrogen-bond donors (Lipinski definition) is 0. The van der Waals surface area contributed by atoms with Crippen LogP contribution in [-0.2, 0) is 0 Å². The van der Waals surface area contributed by atoms with E-state index < -0.39 is 6.98 Å². The van der Waals surface area contributed by atoms with Gasteiger partial charge in [-0.3, -0.25) is 4.57 Å². The number of aromatic nitrogens is 2. The number of anilines is 3. The fourth-order valence-corrected chi connectivity index (χ4v) is 6.86. The molecule has 2 aromatic heterocycles. The number of nitrogens with zero attached hydrogens (tertiary/aromatic N) is 4. The van der Waals surface area contributed by atoms with Crippen LogP contribution in [0.3, 0.4) is 0 Å². The summed E-state index contributed by atoms with van der Waals surface area (Å²) < 4.78 is 33.0. The van der Waals surface area contributed by atoms with E-state index in [1.165, 1.54) is 10.5 Å². The van der Waals surface area contributed by atoms with Crippen LogP contribution < -0.4 is 14.5 Å². The quantitative estimate of drug-likeness (QED) is 0.185. The first-order valence-corrected chi connectivity index (χ1v) is 16.0. The van der Waals surface area contributed by atoms with Crippen molar-refractivity contribution in [1.29, 1.82) is 0 Å². The van der Waals surface area contributed by atoms with Crippen LogP contribution in [0.1, 0.15) is 4.11 Å². The van der Waals surface area contributed by atoms with Crippen LogP contribution in [0.2, 0.25) is 0 Å². The third-order valence-corrected chi connectivity index (χ3v) is 9.05. The molecule has 3 heterocycles. The summed E-state index contributed by atoms with van der Waals surface area (Å²) >= 11 is 0. The minimum Gasteiger partial charge on any atom is -0.457 e. The zero-order chi connectivity index (χ0) is 34.5. The van der Waals surface area contributed by atoms with Crippen molar-refractivity contribution < 1.29 is 8.85 Å². The number of rotatable bonds is 6. The molecule has 6 aromatic carbocycles. The van der Waals surface area contributed by atoms with Gasteiger partial charge in [-0.15, -0.1) is 0 Å². The van der Waals surface area contributed by atoms with E-state index in [-0.39, 0.29) is 6.67 Å². The molecule has 230 valence electrons. The molecule has 0 unspecified atom stereocenters. The Morgan fingerprint density at radius 1 is 0.583 bits per heavy atom. The Hall–Kier alpha value is -6.33. The van der Waals surface area contributed by atoms with Crippen LogP contribution in [0.25, 0.3) is 49.9 Å². The van der Waals surface area contributed by atoms with Gasteiger partial charge in [-0.05, 0) is 76.9 Å². The molecule has 0 N–H and O–H groups in total. The lowest BCUT2D eigenvalue weighted by Gasteiger charge is -2.20. The number of fused-ring (bicyclic) bond motifs is 4. The third kappa shape index (κ3) is 4.76. The Morgan fingerprint density at radius 3 is 2.19 bits per heavy atom. The zero-order valence-electron chi connectivity index (χ0n) is 29.0. The molecular formula is C43H32N4O. The molecule has 9 rings (SSSR count). The highest BCUT2D eigenvalue weighted by Crippen LogP contribution is 2.41. The number of para-hydroxylation sites is 3. The first-order valence-electron chi connectivity index (χ1n) is 17.5. The summed E-state index contributed by atoms with van der Waals surface area (Å²) in [5, 5.41) is 2.23. The van der Waals surface area contributed by atoms with E-state index in [4.69, 9.17) is 13.8 Å². The van der Waals surface area contributed by atoms with Crippen LogP contribution in [-0.4, -0.2) is 23.2 Å². The molecule has 0 saturated heterocycles. The lowest BCUT2D eigenvalue weighted by Crippen LogP contribution is -2.23. The van der Waals surface area contributed by atoms with Gasteiger partial charge in [-0.1, -0.05) is 91.0 Å². The normalized spacial score (nSPS) is 13.7. The first-order chi connectivity index (χ1) is 24.9. The van der Waals surface area contributed by atoms with Crippen molar-refractivity contribution >= 4 is 38.9 Å². The third-order valence-electron chi connectivity index (χ3n) is 9.05. The molecular weight excluding hydrogens is 589 g/mol. The summed E-state index contributed by atoms with van der Waals surface area (Å²) in [4.78, 5) is 8.35. The van der Waals surface area contributed by atoms with E-state index in [0.717, 1.165) is 55.7 Å². The van der Waals surface area contributed by atoms with Gasteiger partial charge >= 0.3 is 0 Å². The van der Waals surface area contributed by atoms with Crippen molar-refractivity contribution in [3.8, 4) is 39.6 Å². The van der Waals surface area contributed by atoms with Crippen molar-refractivity contribution in [3.05, 3.63) is 164 Å². The smallest absolute Gasteiger partial charge is 0.138 e. The van der Waals surface area contributed by atoms with Crippen LogP contribution >= 0.6 is 0 Å². The maximum Gasteiger partial charge on any atom is 0.138 e. The van der Waals surface area contributed by atoms with Gasteiger partial charge in [0.1, 0.15) is 17.3 Å². The minimum absolute atomic E-state index is 0.216. The van der Waals surface area contributed by atoms with E-state index in [1.54, 1.807) is 0 Å². The van der Waals surface area contributed by atoms with Gasteiger partial charge in [0.05, 0.1) is 29.1 Å². The van der Waals surface area contributed by atoms with E-state index >= 15 is 0 Å². The second kappa shape index (κ2) is 11.5. The second-order valence-corrected chi connectivity index (χ2v) is 11.9. The van der Waals surface area contributed by atoms with E-state index in [0.29, 0.717) is 17.2 Å². The average molecular weight is 624 g/mol. The van der Waals surface area contributed by atoms with Crippen molar-refractivity contribution in [2.75, 3.05) is 23.4 Å². The zero-order valence-corrected chi connectivity index (χ0v) is 26.0. The lowest BCUT2D eigenvalue weighted by atomic mass is 9.95. The summed E-state index contributed by atoms with van der Waals surface area (Å²) in [6, 6.07) is 53.1. The molecule has 0 saturated carbocycles. The lowest BCUT2D eigenvalue weighted by molar-refractivity contribution is 0.483. The van der Waals surface area contributed by atoms with Crippen molar-refractivity contribution in [3.63, 3.8) is 0 Å². The monoisotopic (exact) mass is 623 g/mol. The van der Waals surface area contributed by atoms with Gasteiger partial charge in [0, 0.05) is 45.9 Å². The molecule has 0 radical (unpaired) electrons. The molecule has 5 heteroatoms. The SMILES string of the molecule is [2H]C([2H])([2H])N1CN(c2cccc(Oc3ccc4c5ccccc5n(-c5cc(-c6ccccc6-c6ccccc6)ccn5)c4c3)c2)c2ccccc21. The van der Waals surface area contributed by atoms with Crippen LogP contribution in [0.4, 0.5) is 17.1 Å². The Balaban J connectivity index is 1.10. The maximum absolute atomic E-state index is 8.09. The van der Waals surface area contributed by atoms with Crippen LogP contribution in [0, 0.1) is 0 Å². The van der Waals surface area contributed by atoms with Crippen molar-refractivity contribution in [1.82, 2.24) is 9.55 Å². The maximum atomic E-state index is 8.09. The minimum atomic E-state index is -2.26. The number of pyridine rings is 1. The predicted octanol–water partition coefficient (Wildman–Crippen LogP) is 10.9. The molecule has 0 bridgehead atoms. The van der Waals surface area contributed by atoms with E-state index in [9.17, 15) is 0 Å². The predicted molar refractivity (Wildman–Crippen MR) is 198 cm³/mol. The molecule has 0 atom stereocenters. The molecule has 8 aromatic rings. The number of hydrogen-bond acceptors (Lipinski definition) is 4. The van der Waals surface area contributed by atoms with E-state index in [1.807, 2.05) is 71.8 Å². The Bertz CT molecular complexity index is 2560. The Morgan fingerprint density at radius 2 is 1.31 bits per heavy atom. The van der Waals surface area contributed by atoms with Gasteiger partial charge in [0.25, 0.3) is 0 Å². The van der Waals surface area contributed by atoms with Gasteiger partial charge in [-0.2, -0.15) is 0 Å². The molecule has 0 fully saturated rings. The second-order valence-electron chi connectivity index (χ2n) is 11.9. The molecule has 48 heavy (non-hydrogen) atoms. The number of benzene rings is 6. The van der Waals surface area contributed by atoms with Crippen molar-refractivity contribution in [2.24, 2.45) is 0 Å². The van der Waals surface area contributed by atoms with Crippen LogP contribution in [0.15, 0.2) is 164 Å². The van der Waals surface area contributed by atoms with Gasteiger partial charge in [0.15, 0.2) is 0 Å². The van der Waals surface area contributed by atoms with E-state index in [2.05, 4.69) is 102 Å². The number of ether oxygens (including phenoxy) is 1. The summed E-state index contributed by atoms with van der Waals surface area (Å²) in [5.74, 6) is 2.14. The highest BCUT2D eigenvalue weighted by Gasteiger charge is 2.24. The highest BCUT2D eigenvalue weighted by atomic mass is 16.5. The first kappa shape index (κ1) is 24.8. The Labute approximate surface area is 283 Å². The fourth-order valence-electron chi connectivity index (χ4n) is 6.86. The fraction of sp³-hybridized carbons (Fsp3) is 0.0465. The topological polar surface area (TPSA) is 33.5 Å². The average Bonchev–Trinajstić information content (AvgIpc) is 3.72. The van der Waals surface area contributed by atoms with Gasteiger partial charge in [0.2, 0.25) is 0 Å². The molecule has 1 aliphatic rings. The molecule has 0 aliphatic carbocycles. The standard InChI is InChI=1S/C43H32N4O/c1-45-29-46(41-21-10-9-20-40(41)45)32-14-11-15-33(27-32)48-34-22-23-38-37-18-7-8-19-39(37)47(42(38)28-34)43-26-31(24-25-44-43)36-17-6-5-16-35(36)30-12-3-2-4-13-30/h2-28H,29H2,1H3/i1D3. The van der Waals surface area contributed by atoms with Crippen LogP contribution in [0.5, 0.6) is 11.5 Å². The molecule has 0 amide bonds. The summed E-state index contributed by atoms with van der Waals surface area (Å²) in [5.41, 5.74) is 8.96. The summed E-state index contributed by atoms with van der Waals surface area (Å²) in [7, 11) is 0. The van der Waals surface area contributed by atoms with Crippen molar-refractivity contribution in [2.45, 2.75) is 0 Å². The van der Waals surface area contributed by atoms with Gasteiger partial charge < -0.3 is 14.5 Å². The Kier molecular flexibility index (Phi) is 5.94. The molecule has 5 nitrogen and oxygen atoms in total. The summed E-state index contributed by atoms with van der Waals surface area (Å²) in [6.07, 6.45) is 1.88. The van der Waals surface area contributed by atoms with Gasteiger partial charge in [-0.25, -0.2) is 4.98 Å². The summed E-state index contributed by atoms with van der Waals surface area (Å²) in [6.45, 7) is -2.04. The highest BCUT2D eigenvalue weighted by molar-refractivity contribution is 6.09. The molecule has 1 aliphatic heterocycles. The molecule has 0 spiro atoms.